The number of hydrogen-bond acceptors (Lipinski definition) is 4. The first-order valence-electron chi connectivity index (χ1n) is 8.39. The van der Waals surface area contributed by atoms with E-state index < -0.39 is 0 Å². The van der Waals surface area contributed by atoms with Gasteiger partial charge in [0.15, 0.2) is 0 Å². The summed E-state index contributed by atoms with van der Waals surface area (Å²) in [5.74, 6) is -0.212. The Morgan fingerprint density at radius 2 is 1.92 bits per heavy atom. The number of carbonyl (C=O) groups is 2. The molecule has 0 radical (unpaired) electrons. The van der Waals surface area contributed by atoms with E-state index in [4.69, 9.17) is 4.74 Å². The summed E-state index contributed by atoms with van der Waals surface area (Å²) >= 11 is 0. The Morgan fingerprint density at radius 3 is 2.54 bits per heavy atom. The van der Waals surface area contributed by atoms with Crippen molar-refractivity contribution in [3.63, 3.8) is 0 Å². The van der Waals surface area contributed by atoms with Crippen LogP contribution >= 0.6 is 0 Å². The maximum atomic E-state index is 12.2. The summed E-state index contributed by atoms with van der Waals surface area (Å²) in [5, 5.41) is 5.70. The van der Waals surface area contributed by atoms with Crippen molar-refractivity contribution in [2.75, 3.05) is 37.9 Å². The number of methoxy groups -OCH3 is 1. The van der Waals surface area contributed by atoms with Crippen LogP contribution in [0.25, 0.3) is 0 Å². The van der Waals surface area contributed by atoms with Crippen molar-refractivity contribution in [1.82, 2.24) is 4.90 Å². The summed E-state index contributed by atoms with van der Waals surface area (Å²) < 4.78 is 4.80. The van der Waals surface area contributed by atoms with Crippen molar-refractivity contribution in [1.29, 1.82) is 0 Å². The van der Waals surface area contributed by atoms with Gasteiger partial charge in [0.2, 0.25) is 11.8 Å². The molecule has 2 amide bonds. The summed E-state index contributed by atoms with van der Waals surface area (Å²) in [4.78, 5) is 25.9. The van der Waals surface area contributed by atoms with E-state index in [0.717, 1.165) is 16.9 Å². The van der Waals surface area contributed by atoms with Gasteiger partial charge in [-0.15, -0.1) is 0 Å². The fraction of sp³-hybridized carbons (Fsp3) is 0.556. The van der Waals surface area contributed by atoms with E-state index in [1.165, 1.54) is 32.8 Å². The van der Waals surface area contributed by atoms with Crippen LogP contribution in [-0.4, -0.2) is 50.1 Å². The summed E-state index contributed by atoms with van der Waals surface area (Å²) in [6.07, 6.45) is 4.87. The summed E-state index contributed by atoms with van der Waals surface area (Å²) in [6, 6.07) is 5.97. The van der Waals surface area contributed by atoms with Crippen LogP contribution in [-0.2, 0) is 14.3 Å². The number of nitrogens with one attached hydrogen (secondary N) is 2. The number of aryl methyl sites for hydroxylation is 1. The molecule has 6 heteroatoms. The molecule has 0 spiro atoms. The van der Waals surface area contributed by atoms with E-state index in [0.29, 0.717) is 12.6 Å². The second-order valence-electron chi connectivity index (χ2n) is 6.41. The van der Waals surface area contributed by atoms with Gasteiger partial charge in [-0.25, -0.2) is 0 Å². The molecule has 2 rings (SSSR count). The normalized spacial score (nSPS) is 14.8. The molecule has 0 atom stereocenters. The molecule has 1 saturated carbocycles. The second kappa shape index (κ2) is 8.80. The minimum Gasteiger partial charge on any atom is -0.375 e. The smallest absolute Gasteiger partial charge is 0.250 e. The number of ether oxygens (including phenoxy) is 1. The number of benzene rings is 1. The molecule has 1 aromatic rings. The number of amides is 2. The van der Waals surface area contributed by atoms with Crippen LogP contribution in [0.5, 0.6) is 0 Å². The fourth-order valence-corrected chi connectivity index (χ4v) is 3.10. The predicted octanol–water partition coefficient (Wildman–Crippen LogP) is 2.39. The van der Waals surface area contributed by atoms with Gasteiger partial charge in [0.1, 0.15) is 6.61 Å². The van der Waals surface area contributed by atoms with Crippen LogP contribution in [0.15, 0.2) is 18.2 Å². The first-order chi connectivity index (χ1) is 11.5. The SMILES string of the molecule is COCC(=O)Nc1ccc(NC(=O)CN(C)C2CCCC2)cc1C. The Kier molecular flexibility index (Phi) is 6.75. The molecular formula is C18H27N3O3. The van der Waals surface area contributed by atoms with Gasteiger partial charge >= 0.3 is 0 Å². The van der Waals surface area contributed by atoms with E-state index >= 15 is 0 Å². The molecule has 24 heavy (non-hydrogen) atoms. The Morgan fingerprint density at radius 1 is 1.21 bits per heavy atom. The summed E-state index contributed by atoms with van der Waals surface area (Å²) in [6.45, 7) is 2.31. The Labute approximate surface area is 143 Å². The number of rotatable bonds is 7. The standard InChI is InChI=1S/C18H27N3O3/c1-13-10-14(8-9-16(13)20-18(23)12-24-3)19-17(22)11-21(2)15-6-4-5-7-15/h8-10,15H,4-7,11-12H2,1-3H3,(H,19,22)(H,20,23). The van der Waals surface area contributed by atoms with Crippen molar-refractivity contribution in [3.8, 4) is 0 Å². The van der Waals surface area contributed by atoms with Gasteiger partial charge in [-0.2, -0.15) is 0 Å². The number of anilines is 2. The van der Waals surface area contributed by atoms with Crippen molar-refractivity contribution in [2.24, 2.45) is 0 Å². The van der Waals surface area contributed by atoms with Crippen molar-refractivity contribution in [3.05, 3.63) is 23.8 Å². The molecule has 1 aliphatic rings. The lowest BCUT2D eigenvalue weighted by molar-refractivity contribution is -0.119. The minimum atomic E-state index is -0.199. The van der Waals surface area contributed by atoms with E-state index in [1.807, 2.05) is 20.0 Å². The van der Waals surface area contributed by atoms with E-state index in [2.05, 4.69) is 15.5 Å². The van der Waals surface area contributed by atoms with Crippen LogP contribution < -0.4 is 10.6 Å². The minimum absolute atomic E-state index is 0.0139. The molecule has 0 unspecified atom stereocenters. The van der Waals surface area contributed by atoms with Gasteiger partial charge in [0.05, 0.1) is 6.54 Å². The third-order valence-electron chi connectivity index (χ3n) is 4.40. The summed E-state index contributed by atoms with van der Waals surface area (Å²) in [5.41, 5.74) is 2.35. The quantitative estimate of drug-likeness (QED) is 0.804. The highest BCUT2D eigenvalue weighted by atomic mass is 16.5. The molecule has 0 bridgehead atoms. The Bertz CT molecular complexity index is 583. The zero-order valence-electron chi connectivity index (χ0n) is 14.7. The van der Waals surface area contributed by atoms with Gasteiger partial charge < -0.3 is 15.4 Å². The van der Waals surface area contributed by atoms with Gasteiger partial charge in [-0.3, -0.25) is 14.5 Å². The van der Waals surface area contributed by atoms with Crippen molar-refractivity contribution in [2.45, 2.75) is 38.6 Å². The average molecular weight is 333 g/mol. The van der Waals surface area contributed by atoms with Crippen LogP contribution in [0.1, 0.15) is 31.2 Å². The van der Waals surface area contributed by atoms with E-state index in [1.54, 1.807) is 12.1 Å². The van der Waals surface area contributed by atoms with Crippen molar-refractivity contribution >= 4 is 23.2 Å². The van der Waals surface area contributed by atoms with Gasteiger partial charge in [-0.05, 0) is 50.6 Å². The highest BCUT2D eigenvalue weighted by molar-refractivity contribution is 5.94. The third kappa shape index (κ3) is 5.32. The lowest BCUT2D eigenvalue weighted by Gasteiger charge is -2.23. The van der Waals surface area contributed by atoms with Crippen LogP contribution in [0.3, 0.4) is 0 Å². The highest BCUT2D eigenvalue weighted by Crippen LogP contribution is 2.23. The van der Waals surface area contributed by atoms with Gasteiger partial charge in [0.25, 0.3) is 0 Å². The number of likely N-dealkylation sites (N-methyl/N-ethyl adjacent to an activating group) is 1. The second-order valence-corrected chi connectivity index (χ2v) is 6.41. The topological polar surface area (TPSA) is 70.7 Å². The molecule has 1 aromatic carbocycles. The summed E-state index contributed by atoms with van der Waals surface area (Å²) in [7, 11) is 3.49. The maximum absolute atomic E-state index is 12.2. The zero-order valence-corrected chi connectivity index (χ0v) is 14.7. The first kappa shape index (κ1) is 18.4. The molecule has 0 aromatic heterocycles. The zero-order chi connectivity index (χ0) is 17.5. The highest BCUT2D eigenvalue weighted by Gasteiger charge is 2.21. The molecule has 0 saturated heterocycles. The average Bonchev–Trinajstić information content (AvgIpc) is 3.04. The molecule has 0 aliphatic heterocycles. The molecule has 6 nitrogen and oxygen atoms in total. The lowest BCUT2D eigenvalue weighted by Crippen LogP contribution is -2.36. The number of hydrogen-bond donors (Lipinski definition) is 2. The molecule has 1 aliphatic carbocycles. The number of carbonyl (C=O) groups excluding carboxylic acids is 2. The largest absolute Gasteiger partial charge is 0.375 e. The lowest BCUT2D eigenvalue weighted by atomic mass is 10.1. The Hall–Kier alpha value is -1.92. The van der Waals surface area contributed by atoms with Crippen LogP contribution in [0, 0.1) is 6.92 Å². The van der Waals surface area contributed by atoms with E-state index in [9.17, 15) is 9.59 Å². The van der Waals surface area contributed by atoms with Crippen LogP contribution in [0.4, 0.5) is 11.4 Å². The molecule has 2 N–H and O–H groups in total. The van der Waals surface area contributed by atoms with Crippen LogP contribution in [0.2, 0.25) is 0 Å². The monoisotopic (exact) mass is 333 g/mol. The van der Waals surface area contributed by atoms with Gasteiger partial charge in [0, 0.05) is 24.5 Å². The third-order valence-corrected chi connectivity index (χ3v) is 4.40. The Balaban J connectivity index is 1.89. The fourth-order valence-electron chi connectivity index (χ4n) is 3.10. The predicted molar refractivity (Wildman–Crippen MR) is 95.2 cm³/mol. The van der Waals surface area contributed by atoms with Gasteiger partial charge in [-0.1, -0.05) is 12.8 Å². The molecule has 132 valence electrons. The van der Waals surface area contributed by atoms with E-state index in [-0.39, 0.29) is 18.4 Å². The number of nitrogens with zero attached hydrogens (tertiary/aromatic N) is 1. The first-order valence-corrected chi connectivity index (χ1v) is 8.39. The maximum Gasteiger partial charge on any atom is 0.250 e. The molecule has 0 heterocycles. The molecular weight excluding hydrogens is 306 g/mol. The molecule has 1 fully saturated rings. The van der Waals surface area contributed by atoms with Crippen molar-refractivity contribution < 1.29 is 14.3 Å².